The van der Waals surface area contributed by atoms with E-state index in [1.165, 1.54) is 0 Å². The molecule has 19 heavy (non-hydrogen) atoms. The molecule has 1 aromatic heterocycles. The number of aryl methyl sites for hydroxylation is 1. The first kappa shape index (κ1) is 16.4. The summed E-state index contributed by atoms with van der Waals surface area (Å²) in [5, 5.41) is 3.40. The lowest BCUT2D eigenvalue weighted by Gasteiger charge is -2.23. The summed E-state index contributed by atoms with van der Waals surface area (Å²) in [7, 11) is 0. The summed E-state index contributed by atoms with van der Waals surface area (Å²) in [5.74, 6) is 0.969. The summed E-state index contributed by atoms with van der Waals surface area (Å²) in [6, 6.07) is 0. The average Bonchev–Trinajstić information content (AvgIpc) is 2.68. The third kappa shape index (κ3) is 5.87. The molecule has 1 aromatic rings. The van der Waals surface area contributed by atoms with E-state index in [-0.39, 0.29) is 4.75 Å². The van der Waals surface area contributed by atoms with Gasteiger partial charge >= 0.3 is 0 Å². The molecule has 1 N–H and O–H groups in total. The Bertz CT molecular complexity index is 377. The third-order valence-corrected chi connectivity index (χ3v) is 4.19. The van der Waals surface area contributed by atoms with Crippen molar-refractivity contribution in [3.63, 3.8) is 0 Å². The SMILES string of the molecule is CCOCCCNc1nc(C)cn1CC(C)(C)SC. The zero-order chi connectivity index (χ0) is 14.3. The molecule has 0 bridgehead atoms. The van der Waals surface area contributed by atoms with Crippen LogP contribution in [0.4, 0.5) is 5.95 Å². The molecule has 110 valence electrons. The molecule has 0 atom stereocenters. The van der Waals surface area contributed by atoms with Crippen LogP contribution in [0.15, 0.2) is 6.20 Å². The summed E-state index contributed by atoms with van der Waals surface area (Å²) >= 11 is 1.88. The number of rotatable bonds is 9. The maximum Gasteiger partial charge on any atom is 0.203 e. The molecule has 0 amide bonds. The summed E-state index contributed by atoms with van der Waals surface area (Å²) in [6.45, 7) is 12.0. The number of hydrogen-bond donors (Lipinski definition) is 1. The van der Waals surface area contributed by atoms with Gasteiger partial charge in [-0.05, 0) is 40.4 Å². The molecule has 0 fully saturated rings. The minimum absolute atomic E-state index is 0.217. The third-order valence-electron chi connectivity index (χ3n) is 2.95. The van der Waals surface area contributed by atoms with Crippen LogP contribution in [0.2, 0.25) is 0 Å². The van der Waals surface area contributed by atoms with Gasteiger partial charge in [-0.2, -0.15) is 11.8 Å². The highest BCUT2D eigenvalue weighted by Crippen LogP contribution is 2.25. The van der Waals surface area contributed by atoms with E-state index in [4.69, 9.17) is 4.74 Å². The van der Waals surface area contributed by atoms with E-state index in [9.17, 15) is 0 Å². The van der Waals surface area contributed by atoms with E-state index in [0.717, 1.165) is 44.4 Å². The summed E-state index contributed by atoms with van der Waals surface area (Å²) in [4.78, 5) is 4.55. The Morgan fingerprint density at radius 1 is 1.47 bits per heavy atom. The van der Waals surface area contributed by atoms with Crippen LogP contribution >= 0.6 is 11.8 Å². The monoisotopic (exact) mass is 285 g/mol. The van der Waals surface area contributed by atoms with Crippen molar-refractivity contribution in [2.45, 2.75) is 45.4 Å². The molecule has 0 aliphatic heterocycles. The number of thioether (sulfide) groups is 1. The quantitative estimate of drug-likeness (QED) is 0.707. The average molecular weight is 285 g/mol. The van der Waals surface area contributed by atoms with Gasteiger partial charge in [0, 0.05) is 37.2 Å². The number of nitrogens with one attached hydrogen (secondary N) is 1. The summed E-state index contributed by atoms with van der Waals surface area (Å²) < 4.78 is 7.77. The Morgan fingerprint density at radius 3 is 2.84 bits per heavy atom. The highest BCUT2D eigenvalue weighted by molar-refractivity contribution is 7.99. The molecule has 0 aliphatic carbocycles. The van der Waals surface area contributed by atoms with Crippen molar-refractivity contribution in [2.75, 3.05) is 31.3 Å². The normalized spacial score (nSPS) is 11.8. The molecule has 0 aromatic carbocycles. The van der Waals surface area contributed by atoms with Crippen LogP contribution in [-0.4, -0.2) is 40.3 Å². The Kier molecular flexibility index (Phi) is 6.72. The van der Waals surface area contributed by atoms with Gasteiger partial charge in [0.2, 0.25) is 5.95 Å². The van der Waals surface area contributed by atoms with Gasteiger partial charge in [-0.3, -0.25) is 0 Å². The van der Waals surface area contributed by atoms with Gasteiger partial charge < -0.3 is 14.6 Å². The van der Waals surface area contributed by atoms with Gasteiger partial charge in [-0.15, -0.1) is 0 Å². The minimum Gasteiger partial charge on any atom is -0.382 e. The van der Waals surface area contributed by atoms with E-state index >= 15 is 0 Å². The predicted molar refractivity (Wildman–Crippen MR) is 84.2 cm³/mol. The highest BCUT2D eigenvalue weighted by atomic mass is 32.2. The molecule has 0 aliphatic rings. The first-order valence-corrected chi connectivity index (χ1v) is 8.11. The fourth-order valence-electron chi connectivity index (χ4n) is 1.80. The predicted octanol–water partition coefficient (Wildman–Crippen LogP) is 3.17. The lowest BCUT2D eigenvalue weighted by Crippen LogP contribution is -2.23. The van der Waals surface area contributed by atoms with Crippen molar-refractivity contribution in [1.82, 2.24) is 9.55 Å². The van der Waals surface area contributed by atoms with Crippen molar-refractivity contribution >= 4 is 17.7 Å². The molecule has 4 nitrogen and oxygen atoms in total. The molecule has 0 saturated carbocycles. The van der Waals surface area contributed by atoms with Crippen molar-refractivity contribution < 1.29 is 4.74 Å². The van der Waals surface area contributed by atoms with Gasteiger partial charge in [0.15, 0.2) is 0 Å². The molecule has 0 unspecified atom stereocenters. The van der Waals surface area contributed by atoms with Crippen molar-refractivity contribution in [1.29, 1.82) is 0 Å². The van der Waals surface area contributed by atoms with Crippen LogP contribution in [0.3, 0.4) is 0 Å². The standard InChI is InChI=1S/C14H27N3OS/c1-6-18-9-7-8-15-13-16-12(2)10-17(13)11-14(3,4)19-5/h10H,6-9,11H2,1-5H3,(H,15,16). The van der Waals surface area contributed by atoms with E-state index in [1.807, 2.05) is 25.6 Å². The van der Waals surface area contributed by atoms with Crippen molar-refractivity contribution in [3.8, 4) is 0 Å². The molecular formula is C14H27N3OS. The van der Waals surface area contributed by atoms with Crippen LogP contribution in [0, 0.1) is 6.92 Å². The summed E-state index contributed by atoms with van der Waals surface area (Å²) in [6.07, 6.45) is 5.27. The molecule has 0 radical (unpaired) electrons. The van der Waals surface area contributed by atoms with Gasteiger partial charge in [-0.1, -0.05) is 0 Å². The number of nitrogens with zero attached hydrogens (tertiary/aromatic N) is 2. The number of aromatic nitrogens is 2. The lowest BCUT2D eigenvalue weighted by molar-refractivity contribution is 0.147. The fourth-order valence-corrected chi connectivity index (χ4v) is 2.07. The van der Waals surface area contributed by atoms with Gasteiger partial charge in [0.05, 0.1) is 5.69 Å². The van der Waals surface area contributed by atoms with E-state index in [1.54, 1.807) is 0 Å². The number of ether oxygens (including phenoxy) is 1. The lowest BCUT2D eigenvalue weighted by atomic mass is 10.2. The molecule has 5 heteroatoms. The Hall–Kier alpha value is -0.680. The Morgan fingerprint density at radius 2 is 2.21 bits per heavy atom. The van der Waals surface area contributed by atoms with Crippen LogP contribution < -0.4 is 5.32 Å². The molecule has 0 saturated heterocycles. The largest absolute Gasteiger partial charge is 0.382 e. The minimum atomic E-state index is 0.217. The maximum atomic E-state index is 5.33. The van der Waals surface area contributed by atoms with Crippen LogP contribution in [0.1, 0.15) is 32.9 Å². The van der Waals surface area contributed by atoms with Crippen LogP contribution in [0.5, 0.6) is 0 Å². The second-order valence-corrected chi connectivity index (χ2v) is 6.79. The molecule has 1 rings (SSSR count). The number of hydrogen-bond acceptors (Lipinski definition) is 4. The Balaban J connectivity index is 2.53. The van der Waals surface area contributed by atoms with Crippen LogP contribution in [0.25, 0.3) is 0 Å². The molecule has 0 spiro atoms. The molecular weight excluding hydrogens is 258 g/mol. The van der Waals surface area contributed by atoms with Crippen molar-refractivity contribution in [3.05, 3.63) is 11.9 Å². The van der Waals surface area contributed by atoms with E-state index in [2.05, 4.69) is 41.2 Å². The van der Waals surface area contributed by atoms with E-state index < -0.39 is 0 Å². The van der Waals surface area contributed by atoms with Gasteiger partial charge in [0.1, 0.15) is 0 Å². The number of imidazole rings is 1. The maximum absolute atomic E-state index is 5.33. The van der Waals surface area contributed by atoms with Gasteiger partial charge in [0.25, 0.3) is 0 Å². The highest BCUT2D eigenvalue weighted by Gasteiger charge is 2.18. The fraction of sp³-hybridized carbons (Fsp3) is 0.786. The van der Waals surface area contributed by atoms with Gasteiger partial charge in [-0.25, -0.2) is 4.98 Å². The first-order valence-electron chi connectivity index (χ1n) is 6.89. The number of anilines is 1. The Labute approximate surface area is 121 Å². The van der Waals surface area contributed by atoms with E-state index in [0.29, 0.717) is 0 Å². The van der Waals surface area contributed by atoms with Crippen LogP contribution in [-0.2, 0) is 11.3 Å². The second-order valence-electron chi connectivity index (χ2n) is 5.27. The summed E-state index contributed by atoms with van der Waals surface area (Å²) in [5.41, 5.74) is 1.06. The first-order chi connectivity index (χ1) is 8.98. The van der Waals surface area contributed by atoms with Crippen molar-refractivity contribution in [2.24, 2.45) is 0 Å². The smallest absolute Gasteiger partial charge is 0.203 e. The second kappa shape index (κ2) is 7.80. The molecule has 1 heterocycles. The zero-order valence-corrected chi connectivity index (χ0v) is 13.6. The zero-order valence-electron chi connectivity index (χ0n) is 12.8. The topological polar surface area (TPSA) is 39.1 Å².